The lowest BCUT2D eigenvalue weighted by molar-refractivity contribution is -0.140. The van der Waals surface area contributed by atoms with E-state index in [4.69, 9.17) is 11.6 Å². The van der Waals surface area contributed by atoms with Gasteiger partial charge < -0.3 is 10.6 Å². The summed E-state index contributed by atoms with van der Waals surface area (Å²) in [6.45, 7) is 1.86. The molecule has 1 aliphatic heterocycles. The Balaban J connectivity index is 1.53. The van der Waals surface area contributed by atoms with Gasteiger partial charge in [0, 0.05) is 26.6 Å². The lowest BCUT2D eigenvalue weighted by Gasteiger charge is -2.29. The summed E-state index contributed by atoms with van der Waals surface area (Å²) in [5.41, 5.74) is 2.56. The number of imide groups is 1. The maximum atomic E-state index is 13.0. The Morgan fingerprint density at radius 3 is 2.41 bits per heavy atom. The minimum Gasteiger partial charge on any atom is -0.349 e. The van der Waals surface area contributed by atoms with Gasteiger partial charge in [0.1, 0.15) is 10.7 Å². The van der Waals surface area contributed by atoms with Gasteiger partial charge in [0.15, 0.2) is 0 Å². The van der Waals surface area contributed by atoms with Crippen LogP contribution in [0.3, 0.4) is 0 Å². The van der Waals surface area contributed by atoms with Gasteiger partial charge in [-0.15, -0.1) is 0 Å². The predicted molar refractivity (Wildman–Crippen MR) is 134 cm³/mol. The fraction of sp³-hybridized carbons (Fsp3) is 0.292. The van der Waals surface area contributed by atoms with Gasteiger partial charge in [-0.2, -0.15) is 0 Å². The Hall–Kier alpha value is -2.39. The molecule has 8 heteroatoms. The number of amides is 3. The van der Waals surface area contributed by atoms with Crippen molar-refractivity contribution in [1.29, 1.82) is 0 Å². The highest BCUT2D eigenvalue weighted by atomic mass is 127. The third-order valence-electron chi connectivity index (χ3n) is 5.86. The number of rotatable bonds is 5. The quantitative estimate of drug-likeness (QED) is 0.376. The Kier molecular flexibility index (Phi) is 6.85. The minimum absolute atomic E-state index is 0.0699. The van der Waals surface area contributed by atoms with Crippen molar-refractivity contribution in [2.75, 3.05) is 10.6 Å². The maximum absolute atomic E-state index is 13.0. The fourth-order valence-electron chi connectivity index (χ4n) is 4.07. The average molecular weight is 564 g/mol. The standard InChI is InChI=1S/C24H23ClIN3O3/c1-14-7-8-15(22(30)27-17-11-9-16(26)10-12-17)13-19(14)28-21-20(25)23(31)29(24(21)32)18-5-3-2-4-6-18/h7-13,18,28H,2-6H2,1H3,(H,27,30). The summed E-state index contributed by atoms with van der Waals surface area (Å²) >= 11 is 8.49. The maximum Gasteiger partial charge on any atom is 0.279 e. The van der Waals surface area contributed by atoms with Crippen LogP contribution in [0.15, 0.2) is 53.2 Å². The second kappa shape index (κ2) is 9.62. The molecular formula is C24H23ClIN3O3. The van der Waals surface area contributed by atoms with Gasteiger partial charge in [-0.25, -0.2) is 0 Å². The molecule has 0 aromatic heterocycles. The van der Waals surface area contributed by atoms with E-state index in [1.165, 1.54) is 4.90 Å². The van der Waals surface area contributed by atoms with Crippen molar-refractivity contribution >= 4 is 63.3 Å². The summed E-state index contributed by atoms with van der Waals surface area (Å²) in [4.78, 5) is 39.8. The van der Waals surface area contributed by atoms with Gasteiger partial charge in [0.2, 0.25) is 0 Å². The first-order valence-corrected chi connectivity index (χ1v) is 12.0. The molecule has 1 fully saturated rings. The number of hydrogen-bond acceptors (Lipinski definition) is 4. The van der Waals surface area contributed by atoms with Crippen molar-refractivity contribution < 1.29 is 14.4 Å². The fourth-order valence-corrected chi connectivity index (χ4v) is 4.65. The third-order valence-corrected chi connectivity index (χ3v) is 6.93. The monoisotopic (exact) mass is 563 g/mol. The van der Waals surface area contributed by atoms with E-state index in [9.17, 15) is 14.4 Å². The zero-order chi connectivity index (χ0) is 22.8. The van der Waals surface area contributed by atoms with E-state index in [1.807, 2.05) is 31.2 Å². The smallest absolute Gasteiger partial charge is 0.279 e. The number of carbonyl (C=O) groups excluding carboxylic acids is 3. The molecule has 2 N–H and O–H groups in total. The number of benzene rings is 2. The Labute approximate surface area is 205 Å². The molecule has 3 amide bonds. The topological polar surface area (TPSA) is 78.5 Å². The van der Waals surface area contributed by atoms with E-state index in [2.05, 4.69) is 33.2 Å². The van der Waals surface area contributed by atoms with Gasteiger partial charge in [-0.3, -0.25) is 19.3 Å². The first kappa shape index (κ1) is 22.8. The van der Waals surface area contributed by atoms with Gasteiger partial charge >= 0.3 is 0 Å². The molecule has 2 aliphatic rings. The molecule has 2 aromatic carbocycles. The van der Waals surface area contributed by atoms with E-state index >= 15 is 0 Å². The summed E-state index contributed by atoms with van der Waals surface area (Å²) in [5, 5.41) is 5.79. The van der Waals surface area contributed by atoms with Crippen LogP contribution in [0.25, 0.3) is 0 Å². The van der Waals surface area contributed by atoms with Crippen molar-refractivity contribution in [1.82, 2.24) is 4.90 Å². The van der Waals surface area contributed by atoms with E-state index < -0.39 is 11.8 Å². The average Bonchev–Trinajstić information content (AvgIpc) is 3.00. The van der Waals surface area contributed by atoms with Crippen molar-refractivity contribution in [3.63, 3.8) is 0 Å². The molecule has 0 atom stereocenters. The van der Waals surface area contributed by atoms with Gasteiger partial charge in [0.25, 0.3) is 17.7 Å². The summed E-state index contributed by atoms with van der Waals surface area (Å²) < 4.78 is 1.07. The van der Waals surface area contributed by atoms with Crippen LogP contribution in [-0.2, 0) is 9.59 Å². The van der Waals surface area contributed by atoms with Crippen LogP contribution in [0.4, 0.5) is 11.4 Å². The largest absolute Gasteiger partial charge is 0.349 e. The van der Waals surface area contributed by atoms with Crippen LogP contribution >= 0.6 is 34.2 Å². The lowest BCUT2D eigenvalue weighted by atomic mass is 9.94. The minimum atomic E-state index is -0.448. The van der Waals surface area contributed by atoms with Gasteiger partial charge in [-0.1, -0.05) is 36.9 Å². The molecule has 4 rings (SSSR count). The number of nitrogens with one attached hydrogen (secondary N) is 2. The molecule has 0 radical (unpaired) electrons. The molecule has 1 aliphatic carbocycles. The molecule has 1 saturated carbocycles. The van der Waals surface area contributed by atoms with Crippen LogP contribution < -0.4 is 10.6 Å². The molecule has 1 heterocycles. The van der Waals surface area contributed by atoms with Crippen molar-refractivity contribution in [2.24, 2.45) is 0 Å². The summed E-state index contributed by atoms with van der Waals surface area (Å²) in [7, 11) is 0. The summed E-state index contributed by atoms with van der Waals surface area (Å²) in [6, 6.07) is 12.6. The van der Waals surface area contributed by atoms with E-state index in [1.54, 1.807) is 18.2 Å². The summed E-state index contributed by atoms with van der Waals surface area (Å²) in [5.74, 6) is -1.12. The molecule has 0 saturated heterocycles. The van der Waals surface area contributed by atoms with Crippen LogP contribution in [0.2, 0.25) is 0 Å². The zero-order valence-corrected chi connectivity index (χ0v) is 20.5. The van der Waals surface area contributed by atoms with Gasteiger partial charge in [-0.05, 0) is 84.3 Å². The van der Waals surface area contributed by atoms with Crippen molar-refractivity contribution in [3.05, 3.63) is 67.9 Å². The number of nitrogens with zero attached hydrogens (tertiary/aromatic N) is 1. The number of aryl methyl sites for hydroxylation is 1. The molecule has 2 aromatic rings. The SMILES string of the molecule is Cc1ccc(C(=O)Nc2ccc(I)cc2)cc1NC1=C(Cl)C(=O)N(C2CCCCC2)C1=O. The number of anilines is 2. The number of carbonyl (C=O) groups is 3. The third kappa shape index (κ3) is 4.68. The Morgan fingerprint density at radius 2 is 1.72 bits per heavy atom. The molecule has 166 valence electrons. The van der Waals surface area contributed by atoms with Gasteiger partial charge in [0.05, 0.1) is 0 Å². The van der Waals surface area contributed by atoms with Crippen LogP contribution in [0.5, 0.6) is 0 Å². The number of halogens is 2. The van der Waals surface area contributed by atoms with Crippen molar-refractivity contribution in [2.45, 2.75) is 45.1 Å². The summed E-state index contributed by atoms with van der Waals surface area (Å²) in [6.07, 6.45) is 4.73. The molecule has 0 unspecified atom stereocenters. The van der Waals surface area contributed by atoms with Crippen LogP contribution in [0, 0.1) is 10.5 Å². The highest BCUT2D eigenvalue weighted by Crippen LogP contribution is 2.33. The normalized spacial score (nSPS) is 17.2. The molecule has 6 nitrogen and oxygen atoms in total. The molecule has 0 bridgehead atoms. The van der Waals surface area contributed by atoms with E-state index in [0.29, 0.717) is 16.9 Å². The first-order valence-electron chi connectivity index (χ1n) is 10.6. The lowest BCUT2D eigenvalue weighted by Crippen LogP contribution is -2.42. The molecule has 32 heavy (non-hydrogen) atoms. The Morgan fingerprint density at radius 1 is 1.03 bits per heavy atom. The Bertz CT molecular complexity index is 1110. The predicted octanol–water partition coefficient (Wildman–Crippen LogP) is 5.42. The second-order valence-electron chi connectivity index (χ2n) is 8.08. The van der Waals surface area contributed by atoms with E-state index in [0.717, 1.165) is 41.2 Å². The molecule has 0 spiro atoms. The zero-order valence-electron chi connectivity index (χ0n) is 17.6. The first-order chi connectivity index (χ1) is 15.3. The van der Waals surface area contributed by atoms with Crippen LogP contribution in [0.1, 0.15) is 48.0 Å². The van der Waals surface area contributed by atoms with Crippen molar-refractivity contribution in [3.8, 4) is 0 Å². The molecular weight excluding hydrogens is 541 g/mol. The highest BCUT2D eigenvalue weighted by molar-refractivity contribution is 14.1. The number of hydrogen-bond donors (Lipinski definition) is 2. The highest BCUT2D eigenvalue weighted by Gasteiger charge is 2.42. The second-order valence-corrected chi connectivity index (χ2v) is 9.70. The van der Waals surface area contributed by atoms with Crippen LogP contribution in [-0.4, -0.2) is 28.7 Å². The van der Waals surface area contributed by atoms with E-state index in [-0.39, 0.29) is 22.7 Å².